The average molecular weight is 351 g/mol. The predicted molar refractivity (Wildman–Crippen MR) is 85.6 cm³/mol. The van der Waals surface area contributed by atoms with Gasteiger partial charge in [0.05, 0.1) is 6.54 Å². The second-order valence-electron chi connectivity index (χ2n) is 4.71. The summed E-state index contributed by atoms with van der Waals surface area (Å²) in [6, 6.07) is 13.6. The van der Waals surface area contributed by atoms with Crippen LogP contribution in [0.1, 0.15) is 18.5 Å². The molecule has 21 heavy (non-hydrogen) atoms. The first kappa shape index (κ1) is 15.7. The second kappa shape index (κ2) is 7.33. The van der Waals surface area contributed by atoms with Gasteiger partial charge in [0.15, 0.2) is 0 Å². The number of anilines is 1. The number of carbonyl (C=O) groups is 1. The highest BCUT2D eigenvalue weighted by Gasteiger charge is 2.08. The normalized spacial score (nSPS) is 12.0. The van der Waals surface area contributed by atoms with Crippen LogP contribution in [0.4, 0.5) is 10.1 Å². The van der Waals surface area contributed by atoms with Crippen molar-refractivity contribution in [2.24, 2.45) is 0 Å². The third-order valence-corrected chi connectivity index (χ3v) is 3.60. The summed E-state index contributed by atoms with van der Waals surface area (Å²) in [4.78, 5) is 11.8. The van der Waals surface area contributed by atoms with Crippen molar-refractivity contribution in [1.29, 1.82) is 0 Å². The first-order valence-corrected chi connectivity index (χ1v) is 7.38. The lowest BCUT2D eigenvalue weighted by atomic mass is 10.1. The Labute approximate surface area is 131 Å². The Balaban J connectivity index is 1.83. The maximum atomic E-state index is 12.8. The number of rotatable bonds is 5. The van der Waals surface area contributed by atoms with Crippen molar-refractivity contribution in [1.82, 2.24) is 5.32 Å². The van der Waals surface area contributed by atoms with Crippen molar-refractivity contribution in [3.05, 3.63) is 64.4 Å². The molecule has 3 nitrogen and oxygen atoms in total. The Morgan fingerprint density at radius 2 is 1.76 bits per heavy atom. The third-order valence-electron chi connectivity index (χ3n) is 3.07. The van der Waals surface area contributed by atoms with Gasteiger partial charge in [-0.05, 0) is 48.9 Å². The molecule has 0 saturated carbocycles. The van der Waals surface area contributed by atoms with Gasteiger partial charge in [-0.25, -0.2) is 4.39 Å². The van der Waals surface area contributed by atoms with Crippen LogP contribution in [0.2, 0.25) is 0 Å². The maximum absolute atomic E-state index is 12.8. The van der Waals surface area contributed by atoms with E-state index in [0.29, 0.717) is 0 Å². The van der Waals surface area contributed by atoms with E-state index in [1.807, 2.05) is 31.2 Å². The van der Waals surface area contributed by atoms with Gasteiger partial charge in [-0.15, -0.1) is 0 Å². The lowest BCUT2D eigenvalue weighted by molar-refractivity contribution is -0.115. The molecular weight excluding hydrogens is 335 g/mol. The molecule has 5 heteroatoms. The minimum atomic E-state index is -0.265. The van der Waals surface area contributed by atoms with Crippen molar-refractivity contribution in [3.8, 4) is 0 Å². The lowest BCUT2D eigenvalue weighted by Gasteiger charge is -2.14. The largest absolute Gasteiger partial charge is 0.325 e. The number of hydrogen-bond donors (Lipinski definition) is 2. The van der Waals surface area contributed by atoms with Crippen molar-refractivity contribution in [3.63, 3.8) is 0 Å². The first-order chi connectivity index (χ1) is 10.0. The van der Waals surface area contributed by atoms with Gasteiger partial charge in [-0.2, -0.15) is 0 Å². The molecule has 0 fully saturated rings. The SMILES string of the molecule is C[C@H](NCC(=O)Nc1ccc(Br)cc1)c1ccc(F)cc1. The van der Waals surface area contributed by atoms with Crippen LogP contribution < -0.4 is 10.6 Å². The van der Waals surface area contributed by atoms with Gasteiger partial charge in [0.1, 0.15) is 5.82 Å². The van der Waals surface area contributed by atoms with Crippen LogP contribution in [0.3, 0.4) is 0 Å². The van der Waals surface area contributed by atoms with E-state index in [0.717, 1.165) is 15.7 Å². The van der Waals surface area contributed by atoms with E-state index in [-0.39, 0.29) is 24.3 Å². The summed E-state index contributed by atoms with van der Waals surface area (Å²) in [5, 5.41) is 5.91. The molecular formula is C16H16BrFN2O. The van der Waals surface area contributed by atoms with E-state index in [1.165, 1.54) is 12.1 Å². The Hall–Kier alpha value is -1.72. The topological polar surface area (TPSA) is 41.1 Å². The van der Waals surface area contributed by atoms with Gasteiger partial charge in [0.25, 0.3) is 0 Å². The number of hydrogen-bond acceptors (Lipinski definition) is 2. The van der Waals surface area contributed by atoms with Gasteiger partial charge in [-0.1, -0.05) is 28.1 Å². The van der Waals surface area contributed by atoms with E-state index in [1.54, 1.807) is 12.1 Å². The molecule has 0 spiro atoms. The summed E-state index contributed by atoms with van der Waals surface area (Å²) in [6.45, 7) is 2.12. The monoisotopic (exact) mass is 350 g/mol. The molecule has 110 valence electrons. The minimum Gasteiger partial charge on any atom is -0.325 e. The van der Waals surface area contributed by atoms with E-state index < -0.39 is 0 Å². The molecule has 2 rings (SSSR count). The lowest BCUT2D eigenvalue weighted by Crippen LogP contribution is -2.30. The Kier molecular flexibility index (Phi) is 5.47. The molecule has 0 aromatic heterocycles. The number of benzene rings is 2. The molecule has 2 aromatic rings. The fraction of sp³-hybridized carbons (Fsp3) is 0.188. The summed E-state index contributed by atoms with van der Waals surface area (Å²) in [7, 11) is 0. The van der Waals surface area contributed by atoms with Crippen LogP contribution in [0, 0.1) is 5.82 Å². The summed E-state index contributed by atoms with van der Waals surface area (Å²) < 4.78 is 13.8. The molecule has 0 unspecified atom stereocenters. The maximum Gasteiger partial charge on any atom is 0.238 e. The molecule has 0 heterocycles. The van der Waals surface area contributed by atoms with Gasteiger partial charge in [0, 0.05) is 16.2 Å². The van der Waals surface area contributed by atoms with Crippen LogP contribution in [0.5, 0.6) is 0 Å². The van der Waals surface area contributed by atoms with Crippen molar-refractivity contribution in [2.75, 3.05) is 11.9 Å². The fourth-order valence-electron chi connectivity index (χ4n) is 1.85. The number of nitrogens with one attached hydrogen (secondary N) is 2. The molecule has 0 aliphatic carbocycles. The van der Waals surface area contributed by atoms with Crippen LogP contribution in [-0.2, 0) is 4.79 Å². The molecule has 1 amide bonds. The van der Waals surface area contributed by atoms with Crippen LogP contribution in [-0.4, -0.2) is 12.5 Å². The highest BCUT2D eigenvalue weighted by Crippen LogP contribution is 2.14. The Bertz CT molecular complexity index is 599. The van der Waals surface area contributed by atoms with Crippen LogP contribution >= 0.6 is 15.9 Å². The van der Waals surface area contributed by atoms with Crippen LogP contribution in [0.15, 0.2) is 53.0 Å². The number of halogens is 2. The number of amides is 1. The third kappa shape index (κ3) is 4.95. The molecule has 1 atom stereocenters. The smallest absolute Gasteiger partial charge is 0.238 e. The highest BCUT2D eigenvalue weighted by atomic mass is 79.9. The van der Waals surface area contributed by atoms with Gasteiger partial charge < -0.3 is 10.6 Å². The van der Waals surface area contributed by atoms with E-state index in [4.69, 9.17) is 0 Å². The quantitative estimate of drug-likeness (QED) is 0.859. The molecule has 0 radical (unpaired) electrons. The Morgan fingerprint density at radius 1 is 1.14 bits per heavy atom. The average Bonchev–Trinajstić information content (AvgIpc) is 2.48. The fourth-order valence-corrected chi connectivity index (χ4v) is 2.12. The van der Waals surface area contributed by atoms with Crippen LogP contribution in [0.25, 0.3) is 0 Å². The summed E-state index contributed by atoms with van der Waals surface area (Å²) in [5.41, 5.74) is 1.69. The number of carbonyl (C=O) groups excluding carboxylic acids is 1. The predicted octanol–water partition coefficient (Wildman–Crippen LogP) is 3.88. The molecule has 0 aliphatic heterocycles. The molecule has 0 bridgehead atoms. The highest BCUT2D eigenvalue weighted by molar-refractivity contribution is 9.10. The molecule has 0 aliphatic rings. The minimum absolute atomic E-state index is 0.0266. The van der Waals surface area contributed by atoms with Gasteiger partial charge in [0.2, 0.25) is 5.91 Å². The van der Waals surface area contributed by atoms with Crippen molar-refractivity contribution < 1.29 is 9.18 Å². The molecule has 2 aromatic carbocycles. The zero-order valence-corrected chi connectivity index (χ0v) is 13.2. The van der Waals surface area contributed by atoms with E-state index >= 15 is 0 Å². The molecule has 2 N–H and O–H groups in total. The zero-order valence-electron chi connectivity index (χ0n) is 11.6. The van der Waals surface area contributed by atoms with Crippen molar-refractivity contribution in [2.45, 2.75) is 13.0 Å². The van der Waals surface area contributed by atoms with Gasteiger partial charge >= 0.3 is 0 Å². The Morgan fingerprint density at radius 3 is 2.38 bits per heavy atom. The van der Waals surface area contributed by atoms with Crippen molar-refractivity contribution >= 4 is 27.5 Å². The second-order valence-corrected chi connectivity index (χ2v) is 5.62. The first-order valence-electron chi connectivity index (χ1n) is 6.59. The van der Waals surface area contributed by atoms with Gasteiger partial charge in [-0.3, -0.25) is 4.79 Å². The summed E-state index contributed by atoms with van der Waals surface area (Å²) in [6.07, 6.45) is 0. The summed E-state index contributed by atoms with van der Waals surface area (Å²) >= 11 is 3.34. The van der Waals surface area contributed by atoms with E-state index in [9.17, 15) is 9.18 Å². The summed E-state index contributed by atoms with van der Waals surface area (Å²) in [5.74, 6) is -0.384. The zero-order chi connectivity index (χ0) is 15.2. The van der Waals surface area contributed by atoms with E-state index in [2.05, 4.69) is 26.6 Å². The standard InChI is InChI=1S/C16H16BrFN2O/c1-11(12-2-6-14(18)7-3-12)19-10-16(21)20-15-8-4-13(17)5-9-15/h2-9,11,19H,10H2,1H3,(H,20,21)/t11-/m0/s1. The molecule has 0 saturated heterocycles.